The molecule has 4 nitrogen and oxygen atoms in total. The minimum Gasteiger partial charge on any atom is -0.485 e. The Morgan fingerprint density at radius 2 is 2.05 bits per heavy atom. The Morgan fingerprint density at radius 1 is 1.32 bits per heavy atom. The van der Waals surface area contributed by atoms with Crippen molar-refractivity contribution < 1.29 is 37.6 Å². The lowest BCUT2D eigenvalue weighted by molar-refractivity contribution is 0.164. The minimum absolute atomic E-state index is 0.796. The van der Waals surface area contributed by atoms with Gasteiger partial charge in [-0.05, 0) is 24.0 Å². The molecule has 4 heteroatoms. The highest BCUT2D eigenvalue weighted by Gasteiger charge is 2.14. The zero-order valence-corrected chi connectivity index (χ0v) is 11.2. The number of benzene rings is 2. The van der Waals surface area contributed by atoms with Crippen LogP contribution < -0.4 is 10.1 Å². The Bertz CT molecular complexity index is 1300. The molecule has 1 atom stereocenters. The molecule has 0 fully saturated rings. The highest BCUT2D eigenvalue weighted by molar-refractivity contribution is 5.66. The van der Waals surface area contributed by atoms with E-state index in [4.69, 9.17) is 28.0 Å². The lowest BCUT2D eigenvalue weighted by Gasteiger charge is -2.21. The van der Waals surface area contributed by atoms with Gasteiger partial charge in [-0.2, -0.15) is 0 Å². The largest absolute Gasteiger partial charge is 0.485 e. The number of hydrogen-bond donors (Lipinski definition) is 1. The fraction of sp³-hybridized carbons (Fsp3) is 0.278. The van der Waals surface area contributed by atoms with Crippen molar-refractivity contribution in [1.29, 1.82) is 0 Å². The standard InChI is InChI=1S/C18H21NO3/c1-14-8-6-7-11-16(14)22-17(12-13-19-18(20)21-2)15-9-4-3-5-10-15/h3-11,17H,12-13H2,1-2H3,(H,19,20)/t17-/m1/s1/i1D3,3D,4D,5D,6D,7D,8D,9D,10D,11D,12D2,13D2,17D. The van der Waals surface area contributed by atoms with E-state index in [1.165, 1.54) is 5.32 Å². The average molecular weight is 316 g/mol. The molecule has 1 N–H and O–H groups in total. The van der Waals surface area contributed by atoms with Crippen LogP contribution in [0.4, 0.5) is 4.79 Å². The van der Waals surface area contributed by atoms with Crippen LogP contribution in [-0.4, -0.2) is 19.7 Å². The lowest BCUT2D eigenvalue weighted by atomic mass is 10.1. The summed E-state index contributed by atoms with van der Waals surface area (Å²) in [7, 11) is 0.796. The third kappa shape index (κ3) is 4.52. The van der Waals surface area contributed by atoms with Gasteiger partial charge in [-0.15, -0.1) is 0 Å². The van der Waals surface area contributed by atoms with Gasteiger partial charge in [-0.1, -0.05) is 48.3 Å². The number of nitrogens with one attached hydrogen (secondary N) is 1. The summed E-state index contributed by atoms with van der Waals surface area (Å²) in [5.41, 5.74) is -2.62. The first-order chi connectivity index (χ1) is 17.5. The highest BCUT2D eigenvalue weighted by Crippen LogP contribution is 2.26. The summed E-state index contributed by atoms with van der Waals surface area (Å²) < 4.78 is 147. The van der Waals surface area contributed by atoms with E-state index < -0.39 is 103 Å². The minimum atomic E-state index is -4.00. The first kappa shape index (κ1) is 4.75. The summed E-state index contributed by atoms with van der Waals surface area (Å²) in [6, 6.07) is -10.3. The molecule has 0 bridgehead atoms. The Balaban J connectivity index is 3.15. The first-order valence-electron chi connectivity index (χ1n) is 14.2. The molecule has 0 aromatic heterocycles. The smallest absolute Gasteiger partial charge is 0.406 e. The molecule has 2 aromatic rings. The molecule has 116 valence electrons. The van der Waals surface area contributed by atoms with Gasteiger partial charge in [-0.25, -0.2) is 4.79 Å². The van der Waals surface area contributed by atoms with Crippen LogP contribution in [0.2, 0.25) is 0 Å². The van der Waals surface area contributed by atoms with Gasteiger partial charge < -0.3 is 14.8 Å². The number of alkyl carbamates (subject to hydrolysis) is 1. The molecule has 2 rings (SSSR count). The number of amides is 1. The molecule has 0 aliphatic heterocycles. The topological polar surface area (TPSA) is 47.6 Å². The second-order valence-electron chi connectivity index (χ2n) is 3.50. The fourth-order valence-corrected chi connectivity index (χ4v) is 1.17. The van der Waals surface area contributed by atoms with Crippen molar-refractivity contribution in [2.45, 2.75) is 19.3 Å². The van der Waals surface area contributed by atoms with Gasteiger partial charge in [0.2, 0.25) is 0 Å². The number of rotatable bonds is 6. The molecule has 0 saturated heterocycles. The van der Waals surface area contributed by atoms with Crippen molar-refractivity contribution >= 4 is 6.09 Å². The van der Waals surface area contributed by atoms with Gasteiger partial charge >= 0.3 is 6.09 Å². The van der Waals surface area contributed by atoms with Gasteiger partial charge in [0.15, 0.2) is 0 Å². The van der Waals surface area contributed by atoms with E-state index in [2.05, 4.69) is 4.74 Å². The van der Waals surface area contributed by atoms with Crippen LogP contribution in [-0.2, 0) is 4.74 Å². The highest BCUT2D eigenvalue weighted by atomic mass is 16.5. The maximum absolute atomic E-state index is 11.8. The number of carbonyl (C=O) groups excluding carboxylic acids is 1. The van der Waals surface area contributed by atoms with Crippen molar-refractivity contribution in [1.82, 2.24) is 5.32 Å². The molecule has 1 amide bonds. The Morgan fingerprint density at radius 3 is 2.77 bits per heavy atom. The molecular formula is C18H21NO3. The average Bonchev–Trinajstić information content (AvgIpc) is 2.82. The van der Waals surface area contributed by atoms with E-state index in [0.717, 1.165) is 7.11 Å². The van der Waals surface area contributed by atoms with E-state index in [0.29, 0.717) is 0 Å². The third-order valence-electron chi connectivity index (χ3n) is 2.11. The van der Waals surface area contributed by atoms with Crippen LogP contribution in [0, 0.1) is 6.85 Å². The summed E-state index contributed by atoms with van der Waals surface area (Å²) in [6.07, 6.45) is -9.47. The number of para-hydroxylation sites is 1. The van der Waals surface area contributed by atoms with Crippen LogP contribution >= 0.6 is 0 Å². The van der Waals surface area contributed by atoms with Crippen molar-refractivity contribution in [3.05, 3.63) is 65.5 Å². The van der Waals surface area contributed by atoms with E-state index >= 15 is 0 Å². The van der Waals surface area contributed by atoms with Crippen molar-refractivity contribution in [2.24, 2.45) is 0 Å². The number of methoxy groups -OCH3 is 1. The number of carbonyl (C=O) groups is 1. The first-order valence-corrected chi connectivity index (χ1v) is 5.72. The van der Waals surface area contributed by atoms with Gasteiger partial charge in [0, 0.05) is 22.5 Å². The Kier molecular flexibility index (Phi) is 1.74. The summed E-state index contributed by atoms with van der Waals surface area (Å²) in [5, 5.41) is 1.46. The zero-order valence-electron chi connectivity index (χ0n) is 28.2. The van der Waals surface area contributed by atoms with Gasteiger partial charge in [0.1, 0.15) is 11.8 Å². The van der Waals surface area contributed by atoms with Crippen LogP contribution in [0.15, 0.2) is 54.4 Å². The number of ether oxygens (including phenoxy) is 2. The van der Waals surface area contributed by atoms with Crippen molar-refractivity contribution in [3.8, 4) is 5.75 Å². The predicted octanol–water partition coefficient (Wildman–Crippen LogP) is 3.86. The molecule has 2 aromatic carbocycles. The summed E-state index contributed by atoms with van der Waals surface area (Å²) >= 11 is 0. The summed E-state index contributed by atoms with van der Waals surface area (Å²) in [6.45, 7) is -7.10. The lowest BCUT2D eigenvalue weighted by Crippen LogP contribution is -2.26. The Labute approximate surface area is 155 Å². The van der Waals surface area contributed by atoms with Crippen LogP contribution in [0.3, 0.4) is 0 Å². The molecule has 0 aliphatic carbocycles. The maximum Gasteiger partial charge on any atom is 0.406 e. The predicted molar refractivity (Wildman–Crippen MR) is 86.0 cm³/mol. The van der Waals surface area contributed by atoms with Crippen LogP contribution in [0.5, 0.6) is 5.75 Å². The van der Waals surface area contributed by atoms with Crippen LogP contribution in [0.25, 0.3) is 0 Å². The second-order valence-corrected chi connectivity index (χ2v) is 3.50. The van der Waals surface area contributed by atoms with E-state index in [1.54, 1.807) is 0 Å². The SMILES string of the molecule is [2H]c1c([2H])c([2H])c([C@]([2H])(Oc2c([2H])c([2H])c([2H])c([2H])c2C([2H])([2H])[2H])C([2H])([2H])C([2H])([2H])NC(=O)OC)c([2H])c1[2H]. The molecule has 22 heavy (non-hydrogen) atoms. The normalized spacial score (nSPS) is 26.0. The molecule has 0 heterocycles. The molecule has 0 spiro atoms. The number of hydrogen-bond acceptors (Lipinski definition) is 3. The summed E-state index contributed by atoms with van der Waals surface area (Å²) in [5.74, 6) is -1.37. The molecule has 0 unspecified atom stereocenters. The van der Waals surface area contributed by atoms with Gasteiger partial charge in [0.05, 0.1) is 20.8 Å². The molecular weight excluding hydrogens is 278 g/mol. The van der Waals surface area contributed by atoms with Gasteiger partial charge in [-0.3, -0.25) is 0 Å². The molecule has 0 saturated carbocycles. The van der Waals surface area contributed by atoms with E-state index in [9.17, 15) is 4.79 Å². The quantitative estimate of drug-likeness (QED) is 0.880. The maximum atomic E-state index is 11.8. The third-order valence-corrected chi connectivity index (χ3v) is 2.11. The van der Waals surface area contributed by atoms with Crippen molar-refractivity contribution in [2.75, 3.05) is 13.6 Å². The molecule has 0 radical (unpaired) electrons. The van der Waals surface area contributed by atoms with Gasteiger partial charge in [0.25, 0.3) is 0 Å². The Hall–Kier alpha value is -2.49. The zero-order chi connectivity index (χ0) is 30.6. The summed E-state index contributed by atoms with van der Waals surface area (Å²) in [4.78, 5) is 11.8. The molecule has 0 aliphatic rings. The fourth-order valence-electron chi connectivity index (χ4n) is 1.17. The van der Waals surface area contributed by atoms with Crippen LogP contribution in [0.1, 0.15) is 46.9 Å². The second kappa shape index (κ2) is 8.08. The van der Waals surface area contributed by atoms with E-state index in [1.807, 2.05) is 0 Å². The van der Waals surface area contributed by atoms with Crippen molar-refractivity contribution in [3.63, 3.8) is 0 Å². The monoisotopic (exact) mass is 316 g/mol. The van der Waals surface area contributed by atoms with E-state index in [-0.39, 0.29) is 0 Å².